The van der Waals surface area contributed by atoms with Crippen LogP contribution in [0.5, 0.6) is 0 Å². The van der Waals surface area contributed by atoms with E-state index in [1.807, 2.05) is 60.7 Å². The minimum Gasteiger partial charge on any atom is -0.456 e. The molecule has 0 fully saturated rings. The second-order valence-corrected chi connectivity index (χ2v) is 15.9. The molecule has 274 valence electrons. The zero-order valence-electron chi connectivity index (χ0n) is 32.2. The van der Waals surface area contributed by atoms with E-state index in [0.29, 0.717) is 29.3 Å². The number of nitrogens with zero attached hydrogens (tertiary/aromatic N) is 3. The number of rotatable bonds is 6. The average Bonchev–Trinajstić information content (AvgIpc) is 3.91. The molecule has 5 heteroatoms. The summed E-state index contributed by atoms with van der Waals surface area (Å²) >= 11 is 0. The highest BCUT2D eigenvalue weighted by Gasteiger charge is 2.48. The normalized spacial score (nSPS) is 13.4. The van der Waals surface area contributed by atoms with Gasteiger partial charge in [0.15, 0.2) is 17.5 Å². The van der Waals surface area contributed by atoms with E-state index in [9.17, 15) is 0 Å². The predicted octanol–water partition coefficient (Wildman–Crippen LogP) is 13.9. The van der Waals surface area contributed by atoms with E-state index in [-0.39, 0.29) is 5.41 Å². The summed E-state index contributed by atoms with van der Waals surface area (Å²) in [5.41, 5.74) is 13.7. The van der Waals surface area contributed by atoms with E-state index in [4.69, 9.17) is 23.8 Å². The van der Waals surface area contributed by atoms with Gasteiger partial charge in [0.05, 0.1) is 0 Å². The molecule has 7 aromatic carbocycles. The van der Waals surface area contributed by atoms with Crippen LogP contribution < -0.4 is 0 Å². The molecule has 0 saturated carbocycles. The summed E-state index contributed by atoms with van der Waals surface area (Å²) < 4.78 is 13.1. The van der Waals surface area contributed by atoms with Crippen LogP contribution in [0.3, 0.4) is 0 Å². The first-order chi connectivity index (χ1) is 27.9. The lowest BCUT2D eigenvalue weighted by Crippen LogP contribution is -2.37. The van der Waals surface area contributed by atoms with Crippen LogP contribution in [0.1, 0.15) is 38.8 Å². The molecule has 0 radical (unpaired) electrons. The number of fused-ring (bicyclic) bond motifs is 9. The van der Waals surface area contributed by atoms with Crippen molar-refractivity contribution in [3.63, 3.8) is 0 Å². The van der Waals surface area contributed by atoms with Crippen molar-refractivity contribution in [2.45, 2.75) is 33.1 Å². The maximum Gasteiger partial charge on any atom is 0.164 e. The molecule has 57 heavy (non-hydrogen) atoms. The van der Waals surface area contributed by atoms with Gasteiger partial charge in [-0.15, -0.1) is 0 Å². The number of para-hydroxylation sites is 2. The smallest absolute Gasteiger partial charge is 0.164 e. The molecule has 5 nitrogen and oxygen atoms in total. The first kappa shape index (κ1) is 33.5. The zero-order valence-corrected chi connectivity index (χ0v) is 32.2. The Bertz CT molecular complexity index is 3180. The Labute approximate surface area is 330 Å². The first-order valence-electron chi connectivity index (χ1n) is 19.8. The van der Waals surface area contributed by atoms with Gasteiger partial charge in [-0.2, -0.15) is 0 Å². The van der Waals surface area contributed by atoms with E-state index in [0.717, 1.165) is 71.7 Å². The minimum atomic E-state index is -0.0914. The Balaban J connectivity index is 1.04. The number of hydrogen-bond donors (Lipinski definition) is 0. The van der Waals surface area contributed by atoms with Crippen LogP contribution in [0.15, 0.2) is 160 Å². The van der Waals surface area contributed by atoms with Gasteiger partial charge in [0.25, 0.3) is 0 Å². The predicted molar refractivity (Wildman–Crippen MR) is 232 cm³/mol. The first-order valence-corrected chi connectivity index (χ1v) is 19.8. The average molecular weight is 738 g/mol. The van der Waals surface area contributed by atoms with Gasteiger partial charge in [-0.05, 0) is 63.9 Å². The number of hydrogen-bond acceptors (Lipinski definition) is 5. The summed E-state index contributed by atoms with van der Waals surface area (Å²) in [6, 6.07) is 52.9. The molecular formula is C52H39N3O2. The largest absolute Gasteiger partial charge is 0.456 e. The molecule has 11 rings (SSSR count). The third-order valence-corrected chi connectivity index (χ3v) is 12.3. The third kappa shape index (κ3) is 4.91. The van der Waals surface area contributed by atoms with Gasteiger partial charge in [-0.25, -0.2) is 15.0 Å². The van der Waals surface area contributed by atoms with Crippen LogP contribution in [0.2, 0.25) is 0 Å². The maximum absolute atomic E-state index is 6.88. The van der Waals surface area contributed by atoms with Crippen LogP contribution in [-0.2, 0) is 5.41 Å². The Hall–Kier alpha value is -6.85. The Morgan fingerprint density at radius 1 is 0.404 bits per heavy atom. The van der Waals surface area contributed by atoms with Crippen LogP contribution in [-0.4, -0.2) is 15.0 Å². The highest BCUT2D eigenvalue weighted by atomic mass is 16.3. The fourth-order valence-corrected chi connectivity index (χ4v) is 9.87. The van der Waals surface area contributed by atoms with E-state index < -0.39 is 0 Å². The van der Waals surface area contributed by atoms with Crippen LogP contribution in [0.4, 0.5) is 0 Å². The van der Waals surface area contributed by atoms with Crippen molar-refractivity contribution in [2.24, 2.45) is 11.8 Å². The van der Waals surface area contributed by atoms with Crippen molar-refractivity contribution < 1.29 is 8.83 Å². The molecule has 3 aromatic heterocycles. The van der Waals surface area contributed by atoms with Gasteiger partial charge in [0.2, 0.25) is 0 Å². The van der Waals surface area contributed by atoms with Crippen LogP contribution in [0, 0.1) is 11.8 Å². The fraction of sp³-hybridized carbons (Fsp3) is 0.135. The Morgan fingerprint density at radius 2 is 1.00 bits per heavy atom. The molecule has 10 aromatic rings. The second kappa shape index (κ2) is 12.6. The summed E-state index contributed by atoms with van der Waals surface area (Å²) in [7, 11) is 0. The topological polar surface area (TPSA) is 65.0 Å². The van der Waals surface area contributed by atoms with E-state index in [1.165, 1.54) is 22.3 Å². The molecule has 0 spiro atoms. The van der Waals surface area contributed by atoms with E-state index in [2.05, 4.69) is 119 Å². The van der Waals surface area contributed by atoms with Gasteiger partial charge in [0, 0.05) is 49.2 Å². The quantitative estimate of drug-likeness (QED) is 0.170. The van der Waals surface area contributed by atoms with Crippen molar-refractivity contribution >= 4 is 43.9 Å². The van der Waals surface area contributed by atoms with Crippen molar-refractivity contribution in [3.05, 3.63) is 163 Å². The zero-order chi connectivity index (χ0) is 38.4. The van der Waals surface area contributed by atoms with Gasteiger partial charge >= 0.3 is 0 Å². The molecular weight excluding hydrogens is 699 g/mol. The maximum atomic E-state index is 6.88. The van der Waals surface area contributed by atoms with Gasteiger partial charge in [-0.1, -0.05) is 155 Å². The van der Waals surface area contributed by atoms with Crippen LogP contribution >= 0.6 is 0 Å². The standard InChI is InChI=1S/C52H39N3O2/c1-30(2)52(31(3)4)42-21-10-8-16-36(42)40-28-41-37-19-12-18-35(48(37)57-46(41)29-43(40)52)32-24-26-34(27-25-32)50-53-49(33-14-6-5-7-15-33)54-51(55-50)39-20-13-23-45-47(39)38-17-9-11-22-44(38)56-45/h5-31H,1-4H3. The lowest BCUT2D eigenvalue weighted by Gasteiger charge is -2.40. The molecule has 0 aliphatic heterocycles. The summed E-state index contributed by atoms with van der Waals surface area (Å²) in [4.78, 5) is 15.2. The molecule has 0 amide bonds. The molecule has 0 unspecified atom stereocenters. The summed E-state index contributed by atoms with van der Waals surface area (Å²) in [5, 5.41) is 4.29. The van der Waals surface area contributed by atoms with Gasteiger partial charge in [-0.3, -0.25) is 0 Å². The SMILES string of the molecule is CC(C)C1(C(C)C)c2ccccc2-c2cc3c(cc21)oc1c(-c2ccc(-c4nc(-c5ccccc5)nc(-c5cccc6oc7ccccc7c56)n4)cc2)cccc13. The van der Waals surface area contributed by atoms with Crippen LogP contribution in [0.25, 0.3) is 100 Å². The fourth-order valence-electron chi connectivity index (χ4n) is 9.87. The number of aromatic nitrogens is 3. The van der Waals surface area contributed by atoms with E-state index >= 15 is 0 Å². The highest BCUT2D eigenvalue weighted by Crippen LogP contribution is 2.57. The number of benzene rings is 7. The summed E-state index contributed by atoms with van der Waals surface area (Å²) in [6.07, 6.45) is 0. The molecule has 1 aliphatic carbocycles. The lowest BCUT2D eigenvalue weighted by molar-refractivity contribution is 0.280. The second-order valence-electron chi connectivity index (χ2n) is 15.9. The molecule has 3 heterocycles. The van der Waals surface area contributed by atoms with Crippen molar-refractivity contribution in [3.8, 4) is 56.4 Å². The summed E-state index contributed by atoms with van der Waals surface area (Å²) in [5.74, 6) is 2.65. The minimum absolute atomic E-state index is 0.0914. The van der Waals surface area contributed by atoms with Crippen molar-refractivity contribution in [2.75, 3.05) is 0 Å². The molecule has 0 N–H and O–H groups in total. The van der Waals surface area contributed by atoms with Crippen molar-refractivity contribution in [1.82, 2.24) is 15.0 Å². The van der Waals surface area contributed by atoms with Crippen molar-refractivity contribution in [1.29, 1.82) is 0 Å². The highest BCUT2D eigenvalue weighted by molar-refractivity contribution is 6.13. The molecule has 0 bridgehead atoms. The number of furan rings is 2. The molecule has 1 aliphatic rings. The van der Waals surface area contributed by atoms with Gasteiger partial charge in [0.1, 0.15) is 22.3 Å². The van der Waals surface area contributed by atoms with Gasteiger partial charge < -0.3 is 8.83 Å². The molecule has 0 saturated heterocycles. The monoisotopic (exact) mass is 737 g/mol. The lowest BCUT2D eigenvalue weighted by atomic mass is 9.63. The van der Waals surface area contributed by atoms with E-state index in [1.54, 1.807) is 0 Å². The molecule has 0 atom stereocenters. The Morgan fingerprint density at radius 3 is 1.79 bits per heavy atom. The third-order valence-electron chi connectivity index (χ3n) is 12.3. The summed E-state index contributed by atoms with van der Waals surface area (Å²) in [6.45, 7) is 9.44. The Kier molecular flexibility index (Phi) is 7.39.